The number of esters is 1. The van der Waals surface area contributed by atoms with E-state index in [0.717, 1.165) is 6.07 Å². The van der Waals surface area contributed by atoms with E-state index in [1.54, 1.807) is 0 Å². The average Bonchev–Trinajstić information content (AvgIpc) is 1.85. The number of nitrogens with zero attached hydrogens (tertiary/aromatic N) is 1. The molecule has 0 aliphatic heterocycles. The Kier molecular flexibility index (Phi) is 3.54. The monoisotopic (exact) mass is 181 g/mol. The van der Waals surface area contributed by atoms with Gasteiger partial charge in [-0.05, 0) is 6.92 Å². The minimum atomic E-state index is -4.85. The van der Waals surface area contributed by atoms with Crippen molar-refractivity contribution in [3.63, 3.8) is 0 Å². The summed E-state index contributed by atoms with van der Waals surface area (Å²) < 4.78 is 39.4. The number of ether oxygens (including phenoxy) is 1. The van der Waals surface area contributed by atoms with Gasteiger partial charge in [0.1, 0.15) is 0 Å². The number of alkyl halides is 3. The summed E-state index contributed by atoms with van der Waals surface area (Å²) in [5.41, 5.74) is 0. The van der Waals surface area contributed by atoms with E-state index in [-0.39, 0.29) is 6.61 Å². The Morgan fingerprint density at radius 1 is 1.67 bits per heavy atom. The summed E-state index contributed by atoms with van der Waals surface area (Å²) in [6, 6.07) is 0.827. The van der Waals surface area contributed by atoms with Crippen LogP contribution < -0.4 is 0 Å². The van der Waals surface area contributed by atoms with Crippen LogP contribution in [0.15, 0.2) is 0 Å². The van der Waals surface area contributed by atoms with Crippen LogP contribution in [0.5, 0.6) is 0 Å². The largest absolute Gasteiger partial charge is 0.465 e. The van der Waals surface area contributed by atoms with Crippen molar-refractivity contribution in [1.29, 1.82) is 5.26 Å². The van der Waals surface area contributed by atoms with Gasteiger partial charge in [-0.1, -0.05) is 0 Å². The first-order valence-electron chi connectivity index (χ1n) is 3.06. The predicted molar refractivity (Wildman–Crippen MR) is 31.8 cm³/mol. The standard InChI is InChI=1S/C6H6F3NO2/c1-2-12-5(11)4(3-10)6(7,8)9/h4H,2H2,1H3. The minimum absolute atomic E-state index is 0.174. The third kappa shape index (κ3) is 2.78. The first kappa shape index (κ1) is 10.8. The Balaban J connectivity index is 4.39. The molecule has 0 radical (unpaired) electrons. The lowest BCUT2D eigenvalue weighted by Gasteiger charge is -2.10. The van der Waals surface area contributed by atoms with E-state index in [0.29, 0.717) is 0 Å². The Bertz CT molecular complexity index is 206. The molecule has 0 rings (SSSR count). The zero-order chi connectivity index (χ0) is 9.78. The van der Waals surface area contributed by atoms with Gasteiger partial charge >= 0.3 is 12.1 Å². The zero-order valence-electron chi connectivity index (χ0n) is 6.18. The first-order valence-corrected chi connectivity index (χ1v) is 3.06. The van der Waals surface area contributed by atoms with E-state index in [1.807, 2.05) is 0 Å². The highest BCUT2D eigenvalue weighted by Gasteiger charge is 2.46. The molecule has 0 aromatic rings. The summed E-state index contributed by atoms with van der Waals surface area (Å²) in [6.45, 7) is 1.19. The number of carbonyl (C=O) groups is 1. The van der Waals surface area contributed by atoms with Crippen molar-refractivity contribution in [1.82, 2.24) is 0 Å². The van der Waals surface area contributed by atoms with Crippen LogP contribution in [0.4, 0.5) is 13.2 Å². The highest BCUT2D eigenvalue weighted by Crippen LogP contribution is 2.26. The molecule has 0 aliphatic carbocycles. The molecule has 1 atom stereocenters. The van der Waals surface area contributed by atoms with Gasteiger partial charge in [-0.25, -0.2) is 0 Å². The minimum Gasteiger partial charge on any atom is -0.465 e. The third-order valence-electron chi connectivity index (χ3n) is 0.979. The molecule has 0 saturated heterocycles. The highest BCUT2D eigenvalue weighted by atomic mass is 19.4. The summed E-state index contributed by atoms with van der Waals surface area (Å²) in [6.07, 6.45) is -4.85. The molecule has 0 amide bonds. The lowest BCUT2D eigenvalue weighted by molar-refractivity contribution is -0.186. The normalized spacial score (nSPS) is 13.2. The number of hydrogen-bond acceptors (Lipinski definition) is 3. The van der Waals surface area contributed by atoms with Gasteiger partial charge in [0.2, 0.25) is 5.92 Å². The average molecular weight is 181 g/mol. The first-order chi connectivity index (χ1) is 5.43. The van der Waals surface area contributed by atoms with Crippen LogP contribution >= 0.6 is 0 Å². The second kappa shape index (κ2) is 3.95. The highest BCUT2D eigenvalue weighted by molar-refractivity contribution is 5.76. The quantitative estimate of drug-likeness (QED) is 0.602. The van der Waals surface area contributed by atoms with E-state index >= 15 is 0 Å². The molecule has 0 heterocycles. The van der Waals surface area contributed by atoms with Crippen LogP contribution in [-0.2, 0) is 9.53 Å². The maximum atomic E-state index is 11.8. The van der Waals surface area contributed by atoms with Crippen molar-refractivity contribution in [3.8, 4) is 6.07 Å². The smallest absolute Gasteiger partial charge is 0.415 e. The molecular formula is C6H6F3NO2. The Hall–Kier alpha value is -1.25. The van der Waals surface area contributed by atoms with Crippen LogP contribution in [0, 0.1) is 17.2 Å². The van der Waals surface area contributed by atoms with Gasteiger partial charge in [-0.3, -0.25) is 4.79 Å². The van der Waals surface area contributed by atoms with Gasteiger partial charge in [0.25, 0.3) is 0 Å². The van der Waals surface area contributed by atoms with Gasteiger partial charge in [-0.2, -0.15) is 18.4 Å². The van der Waals surface area contributed by atoms with E-state index < -0.39 is 18.1 Å². The lowest BCUT2D eigenvalue weighted by atomic mass is 10.2. The van der Waals surface area contributed by atoms with Crippen LogP contribution in [0.3, 0.4) is 0 Å². The number of carbonyl (C=O) groups excluding carboxylic acids is 1. The van der Waals surface area contributed by atoms with E-state index in [2.05, 4.69) is 4.74 Å². The third-order valence-corrected chi connectivity index (χ3v) is 0.979. The molecule has 68 valence electrons. The number of nitriles is 1. The molecule has 0 aliphatic rings. The molecule has 0 N–H and O–H groups in total. The fourth-order valence-corrected chi connectivity index (χ4v) is 0.485. The van der Waals surface area contributed by atoms with E-state index in [9.17, 15) is 18.0 Å². The number of hydrogen-bond donors (Lipinski definition) is 0. The van der Waals surface area contributed by atoms with Crippen molar-refractivity contribution in [3.05, 3.63) is 0 Å². The molecule has 6 heteroatoms. The zero-order valence-corrected chi connectivity index (χ0v) is 6.18. The van der Waals surface area contributed by atoms with Crippen LogP contribution in [-0.4, -0.2) is 18.8 Å². The Labute approximate surface area is 66.7 Å². The summed E-state index contributed by atoms with van der Waals surface area (Å²) in [7, 11) is 0. The molecule has 0 aromatic heterocycles. The molecule has 0 saturated carbocycles. The van der Waals surface area contributed by atoms with E-state index in [4.69, 9.17) is 5.26 Å². The molecular weight excluding hydrogens is 175 g/mol. The fraction of sp³-hybridized carbons (Fsp3) is 0.667. The maximum absolute atomic E-state index is 11.8. The van der Waals surface area contributed by atoms with Gasteiger partial charge in [0.15, 0.2) is 0 Å². The molecule has 12 heavy (non-hydrogen) atoms. The number of halogens is 3. The van der Waals surface area contributed by atoms with Crippen molar-refractivity contribution in [2.75, 3.05) is 6.61 Å². The van der Waals surface area contributed by atoms with Gasteiger partial charge < -0.3 is 4.74 Å². The lowest BCUT2D eigenvalue weighted by Crippen LogP contribution is -2.30. The summed E-state index contributed by atoms with van der Waals surface area (Å²) in [5, 5.41) is 7.99. The van der Waals surface area contributed by atoms with Crippen molar-refractivity contribution in [2.24, 2.45) is 5.92 Å². The van der Waals surface area contributed by atoms with E-state index in [1.165, 1.54) is 6.92 Å². The molecule has 0 fully saturated rings. The second-order valence-corrected chi connectivity index (χ2v) is 1.86. The summed E-state index contributed by atoms with van der Waals surface area (Å²) in [5.74, 6) is -4.22. The molecule has 0 bridgehead atoms. The van der Waals surface area contributed by atoms with Crippen molar-refractivity contribution in [2.45, 2.75) is 13.1 Å². The van der Waals surface area contributed by atoms with Crippen LogP contribution in [0.25, 0.3) is 0 Å². The molecule has 1 unspecified atom stereocenters. The molecule has 0 spiro atoms. The summed E-state index contributed by atoms with van der Waals surface area (Å²) >= 11 is 0. The van der Waals surface area contributed by atoms with Gasteiger partial charge in [0, 0.05) is 0 Å². The summed E-state index contributed by atoms with van der Waals surface area (Å²) in [4.78, 5) is 10.5. The predicted octanol–water partition coefficient (Wildman–Crippen LogP) is 1.25. The SMILES string of the molecule is CCOC(=O)C(C#N)C(F)(F)F. The molecule has 3 nitrogen and oxygen atoms in total. The Morgan fingerprint density at radius 3 is 2.42 bits per heavy atom. The number of rotatable bonds is 2. The van der Waals surface area contributed by atoms with Crippen molar-refractivity contribution >= 4 is 5.97 Å². The second-order valence-electron chi connectivity index (χ2n) is 1.86. The molecule has 0 aromatic carbocycles. The fourth-order valence-electron chi connectivity index (χ4n) is 0.485. The Morgan fingerprint density at radius 2 is 2.17 bits per heavy atom. The van der Waals surface area contributed by atoms with Gasteiger partial charge in [0.05, 0.1) is 12.7 Å². The topological polar surface area (TPSA) is 50.1 Å². The van der Waals surface area contributed by atoms with Crippen LogP contribution in [0.2, 0.25) is 0 Å². The van der Waals surface area contributed by atoms with Crippen LogP contribution in [0.1, 0.15) is 6.92 Å². The van der Waals surface area contributed by atoms with Crippen molar-refractivity contribution < 1.29 is 22.7 Å². The van der Waals surface area contributed by atoms with Gasteiger partial charge in [-0.15, -0.1) is 0 Å². The maximum Gasteiger partial charge on any atom is 0.415 e.